The van der Waals surface area contributed by atoms with E-state index in [4.69, 9.17) is 11.6 Å². The molecule has 0 spiro atoms. The Bertz CT molecular complexity index is 410. The van der Waals surface area contributed by atoms with Crippen molar-refractivity contribution >= 4 is 16.8 Å². The predicted molar refractivity (Wildman–Crippen MR) is 57.8 cm³/mol. The fraction of sp³-hybridized carbons (Fsp3) is 0.364. The van der Waals surface area contributed by atoms with Crippen LogP contribution in [0.2, 0.25) is 0 Å². The Morgan fingerprint density at radius 1 is 1.36 bits per heavy atom. The summed E-state index contributed by atoms with van der Waals surface area (Å²) in [5.74, 6) is 0. The number of fused-ring (bicyclic) bond motifs is 1. The maximum absolute atomic E-state index is 11.8. The number of rotatable bonds is 0. The van der Waals surface area contributed by atoms with Gasteiger partial charge in [0.2, 0.25) is 0 Å². The second-order valence-corrected chi connectivity index (χ2v) is 4.59. The molecular weight excluding hydrogens is 198 g/mol. The Morgan fingerprint density at radius 2 is 2.00 bits per heavy atom. The summed E-state index contributed by atoms with van der Waals surface area (Å²) in [6.07, 6.45) is 0.739. The summed E-state index contributed by atoms with van der Waals surface area (Å²) in [6, 6.07) is 7.77. The molecule has 2 rings (SSSR count). The van der Waals surface area contributed by atoms with Gasteiger partial charge in [-0.3, -0.25) is 0 Å². The van der Waals surface area contributed by atoms with Crippen LogP contribution in [0.4, 0.5) is 0 Å². The first kappa shape index (κ1) is 9.53. The molecule has 0 saturated heterocycles. The zero-order valence-corrected chi connectivity index (χ0v) is 9.01. The largest absolute Gasteiger partial charge is 0.622 e. The molecule has 0 saturated carbocycles. The van der Waals surface area contributed by atoms with Gasteiger partial charge in [0.1, 0.15) is 0 Å². The van der Waals surface area contributed by atoms with Crippen LogP contribution in [0.5, 0.6) is 0 Å². The third-order valence-corrected chi connectivity index (χ3v) is 2.95. The van der Waals surface area contributed by atoms with Crippen LogP contribution in [-0.4, -0.2) is 15.4 Å². The molecule has 3 heteroatoms. The molecule has 0 radical (unpaired) electrons. The molecule has 0 aliphatic carbocycles. The van der Waals surface area contributed by atoms with E-state index in [1.165, 1.54) is 0 Å². The summed E-state index contributed by atoms with van der Waals surface area (Å²) >= 11 is 6.01. The van der Waals surface area contributed by atoms with E-state index in [0.29, 0.717) is 5.17 Å². The van der Waals surface area contributed by atoms with Crippen molar-refractivity contribution in [3.8, 4) is 0 Å². The fourth-order valence-electron chi connectivity index (χ4n) is 1.79. The normalized spacial score (nSPS) is 19.4. The smallest absolute Gasteiger partial charge is 0.288 e. The van der Waals surface area contributed by atoms with E-state index in [1.54, 1.807) is 0 Å². The van der Waals surface area contributed by atoms with E-state index in [1.807, 2.05) is 38.1 Å². The fourth-order valence-corrected chi connectivity index (χ4v) is 2.20. The molecule has 0 N–H and O–H groups in total. The molecule has 1 aliphatic rings. The third kappa shape index (κ3) is 1.30. The molecule has 1 aromatic rings. The lowest BCUT2D eigenvalue weighted by atomic mass is 9.89. The molecule has 0 atom stereocenters. The number of hydroxylamine groups is 1. The van der Waals surface area contributed by atoms with Crippen molar-refractivity contribution in [2.75, 3.05) is 0 Å². The molecule has 1 aromatic carbocycles. The monoisotopic (exact) mass is 209 g/mol. The van der Waals surface area contributed by atoms with Gasteiger partial charge in [-0.15, -0.1) is 0 Å². The molecule has 0 aromatic heterocycles. The Labute approximate surface area is 88.4 Å². The van der Waals surface area contributed by atoms with Crippen LogP contribution >= 0.6 is 11.6 Å². The van der Waals surface area contributed by atoms with Crippen molar-refractivity contribution in [3.63, 3.8) is 0 Å². The van der Waals surface area contributed by atoms with Crippen LogP contribution in [0.15, 0.2) is 24.3 Å². The molecule has 0 amide bonds. The first-order valence-electron chi connectivity index (χ1n) is 4.60. The summed E-state index contributed by atoms with van der Waals surface area (Å²) in [7, 11) is 0. The van der Waals surface area contributed by atoms with Crippen molar-refractivity contribution in [1.82, 2.24) is 0 Å². The highest BCUT2D eigenvalue weighted by atomic mass is 35.5. The maximum atomic E-state index is 11.8. The Balaban J connectivity index is 2.64. The molecule has 14 heavy (non-hydrogen) atoms. The zero-order chi connectivity index (χ0) is 10.3. The first-order chi connectivity index (χ1) is 6.52. The van der Waals surface area contributed by atoms with Gasteiger partial charge >= 0.3 is 0 Å². The van der Waals surface area contributed by atoms with E-state index < -0.39 is 5.54 Å². The van der Waals surface area contributed by atoms with Gasteiger partial charge in [0, 0.05) is 20.3 Å². The SMILES string of the molecule is CC1(C)Cc2ccccc2C(Cl)=[N+]1[O-]. The van der Waals surface area contributed by atoms with Gasteiger partial charge in [-0.2, -0.15) is 4.74 Å². The van der Waals surface area contributed by atoms with E-state index in [0.717, 1.165) is 22.3 Å². The standard InChI is InChI=1S/C11H12ClNO/c1-11(2)7-8-5-3-4-6-9(8)10(12)13(11)14/h3-6H,7H2,1-2H3. The highest BCUT2D eigenvalue weighted by molar-refractivity contribution is 6.68. The van der Waals surface area contributed by atoms with Gasteiger partial charge in [-0.05, 0) is 23.2 Å². The van der Waals surface area contributed by atoms with Gasteiger partial charge < -0.3 is 5.21 Å². The van der Waals surface area contributed by atoms with Gasteiger partial charge in [-0.1, -0.05) is 18.2 Å². The number of halogens is 1. The van der Waals surface area contributed by atoms with Crippen LogP contribution in [-0.2, 0) is 6.42 Å². The minimum absolute atomic E-state index is 0.303. The van der Waals surface area contributed by atoms with Gasteiger partial charge in [0.05, 0.1) is 5.56 Å². The van der Waals surface area contributed by atoms with Crippen molar-refractivity contribution in [2.24, 2.45) is 0 Å². The average molecular weight is 210 g/mol. The number of nitrogens with zero attached hydrogens (tertiary/aromatic N) is 1. The van der Waals surface area contributed by atoms with Crippen LogP contribution in [0.3, 0.4) is 0 Å². The molecule has 74 valence electrons. The van der Waals surface area contributed by atoms with E-state index >= 15 is 0 Å². The summed E-state index contributed by atoms with van der Waals surface area (Å²) in [5.41, 5.74) is 1.57. The summed E-state index contributed by atoms with van der Waals surface area (Å²) in [4.78, 5) is 0. The maximum Gasteiger partial charge on any atom is 0.288 e. The summed E-state index contributed by atoms with van der Waals surface area (Å²) in [5, 5.41) is 12.1. The van der Waals surface area contributed by atoms with Gasteiger partial charge in [-0.25, -0.2) is 0 Å². The Morgan fingerprint density at radius 3 is 2.71 bits per heavy atom. The molecule has 1 aliphatic heterocycles. The van der Waals surface area contributed by atoms with Crippen molar-refractivity contribution in [2.45, 2.75) is 25.8 Å². The summed E-state index contributed by atoms with van der Waals surface area (Å²) in [6.45, 7) is 3.80. The van der Waals surface area contributed by atoms with Crippen molar-refractivity contribution in [1.29, 1.82) is 0 Å². The topological polar surface area (TPSA) is 26.1 Å². The molecule has 1 heterocycles. The first-order valence-corrected chi connectivity index (χ1v) is 4.98. The van der Waals surface area contributed by atoms with Crippen LogP contribution < -0.4 is 0 Å². The van der Waals surface area contributed by atoms with E-state index in [9.17, 15) is 5.21 Å². The van der Waals surface area contributed by atoms with Gasteiger partial charge in [0.25, 0.3) is 5.17 Å². The van der Waals surface area contributed by atoms with Crippen LogP contribution in [0.1, 0.15) is 25.0 Å². The zero-order valence-electron chi connectivity index (χ0n) is 8.25. The second kappa shape index (κ2) is 2.99. The quantitative estimate of drug-likeness (QED) is 0.476. The summed E-state index contributed by atoms with van der Waals surface area (Å²) < 4.78 is 0.900. The molecule has 2 nitrogen and oxygen atoms in total. The lowest BCUT2D eigenvalue weighted by Crippen LogP contribution is -2.41. The Kier molecular flexibility index (Phi) is 2.04. The number of hydrogen-bond donors (Lipinski definition) is 0. The molecule has 0 fully saturated rings. The van der Waals surface area contributed by atoms with E-state index in [2.05, 4.69) is 0 Å². The van der Waals surface area contributed by atoms with Crippen molar-refractivity contribution < 1.29 is 4.74 Å². The average Bonchev–Trinajstić information content (AvgIpc) is 2.14. The molecule has 0 unspecified atom stereocenters. The van der Waals surface area contributed by atoms with Crippen molar-refractivity contribution in [3.05, 3.63) is 40.6 Å². The minimum Gasteiger partial charge on any atom is -0.622 e. The number of hydrogen-bond acceptors (Lipinski definition) is 1. The van der Waals surface area contributed by atoms with Gasteiger partial charge in [0.15, 0.2) is 5.54 Å². The highest BCUT2D eigenvalue weighted by Gasteiger charge is 2.35. The lowest BCUT2D eigenvalue weighted by molar-refractivity contribution is -0.539. The minimum atomic E-state index is -0.439. The Hall–Kier alpha value is -1.02. The van der Waals surface area contributed by atoms with Crippen LogP contribution in [0, 0.1) is 5.21 Å². The molecular formula is C11H12ClNO. The third-order valence-electron chi connectivity index (χ3n) is 2.59. The predicted octanol–water partition coefficient (Wildman–Crippen LogP) is 2.52. The van der Waals surface area contributed by atoms with E-state index in [-0.39, 0.29) is 0 Å². The highest BCUT2D eigenvalue weighted by Crippen LogP contribution is 2.26. The van der Waals surface area contributed by atoms with Crippen LogP contribution in [0.25, 0.3) is 0 Å². The molecule has 0 bridgehead atoms. The second-order valence-electron chi connectivity index (χ2n) is 4.23. The lowest BCUT2D eigenvalue weighted by Gasteiger charge is -2.29. The number of benzene rings is 1.